The third-order valence-corrected chi connectivity index (χ3v) is 2.98. The Morgan fingerprint density at radius 1 is 1.11 bits per heavy atom. The van der Waals surface area contributed by atoms with Gasteiger partial charge in [0.2, 0.25) is 0 Å². The van der Waals surface area contributed by atoms with Gasteiger partial charge in [0.25, 0.3) is 5.91 Å². The number of hydrogen-bond acceptors (Lipinski definition) is 2. The van der Waals surface area contributed by atoms with Gasteiger partial charge in [0, 0.05) is 10.0 Å². The minimum Gasteiger partial charge on any atom is -0.492 e. The van der Waals surface area contributed by atoms with Crippen molar-refractivity contribution in [2.45, 2.75) is 0 Å². The summed E-state index contributed by atoms with van der Waals surface area (Å²) >= 11 is 3.38. The van der Waals surface area contributed by atoms with Crippen LogP contribution in [0.3, 0.4) is 0 Å². The van der Waals surface area contributed by atoms with Crippen molar-refractivity contribution in [3.05, 3.63) is 64.6 Å². The Morgan fingerprint density at radius 3 is 2.63 bits per heavy atom. The first kappa shape index (κ1) is 13.6. The van der Waals surface area contributed by atoms with E-state index in [1.807, 2.05) is 42.5 Å². The first-order valence-corrected chi connectivity index (χ1v) is 6.76. The second kappa shape index (κ2) is 6.95. The van der Waals surface area contributed by atoms with Gasteiger partial charge < -0.3 is 10.1 Å². The molecule has 0 fully saturated rings. The predicted octanol–water partition coefficient (Wildman–Crippen LogP) is 3.26. The van der Waals surface area contributed by atoms with E-state index < -0.39 is 0 Å². The van der Waals surface area contributed by atoms with Crippen LogP contribution in [0.4, 0.5) is 0 Å². The van der Waals surface area contributed by atoms with Gasteiger partial charge in [-0.3, -0.25) is 4.79 Å². The first-order valence-electron chi connectivity index (χ1n) is 5.97. The predicted molar refractivity (Wildman–Crippen MR) is 78.4 cm³/mol. The van der Waals surface area contributed by atoms with Crippen LogP contribution in [0.25, 0.3) is 0 Å². The van der Waals surface area contributed by atoms with Crippen LogP contribution in [0.5, 0.6) is 5.75 Å². The highest BCUT2D eigenvalue weighted by molar-refractivity contribution is 9.10. The number of nitrogens with one attached hydrogen (secondary N) is 1. The van der Waals surface area contributed by atoms with Crippen molar-refractivity contribution >= 4 is 21.8 Å². The topological polar surface area (TPSA) is 38.3 Å². The highest BCUT2D eigenvalue weighted by Crippen LogP contribution is 2.17. The summed E-state index contributed by atoms with van der Waals surface area (Å²) in [5, 5.41) is 2.81. The van der Waals surface area contributed by atoms with E-state index in [2.05, 4.69) is 21.2 Å². The van der Waals surface area contributed by atoms with Crippen molar-refractivity contribution in [3.63, 3.8) is 0 Å². The van der Waals surface area contributed by atoms with Gasteiger partial charge in [0.05, 0.1) is 6.54 Å². The van der Waals surface area contributed by atoms with Gasteiger partial charge in [-0.2, -0.15) is 0 Å². The molecule has 0 bridgehead atoms. The van der Waals surface area contributed by atoms with Gasteiger partial charge in [0.1, 0.15) is 12.4 Å². The largest absolute Gasteiger partial charge is 0.492 e. The number of hydrogen-bond donors (Lipinski definition) is 1. The summed E-state index contributed by atoms with van der Waals surface area (Å²) in [7, 11) is 0. The van der Waals surface area contributed by atoms with Crippen LogP contribution in [0.2, 0.25) is 0 Å². The van der Waals surface area contributed by atoms with E-state index in [-0.39, 0.29) is 5.91 Å². The molecule has 0 radical (unpaired) electrons. The maximum absolute atomic E-state index is 11.7. The Morgan fingerprint density at radius 2 is 1.89 bits per heavy atom. The molecule has 0 aliphatic heterocycles. The molecule has 2 rings (SSSR count). The fourth-order valence-corrected chi connectivity index (χ4v) is 1.96. The van der Waals surface area contributed by atoms with Crippen molar-refractivity contribution in [1.82, 2.24) is 5.32 Å². The Hall–Kier alpha value is -1.81. The van der Waals surface area contributed by atoms with Crippen LogP contribution in [-0.2, 0) is 0 Å². The lowest BCUT2D eigenvalue weighted by molar-refractivity contribution is 0.0947. The molecule has 0 heterocycles. The minimum atomic E-state index is -0.0848. The third kappa shape index (κ3) is 4.41. The second-order valence-corrected chi connectivity index (χ2v) is 4.84. The van der Waals surface area contributed by atoms with Crippen LogP contribution < -0.4 is 10.1 Å². The standard InChI is InChI=1S/C15H14BrNO2/c16-13-7-4-8-14(11-13)19-10-9-17-15(18)12-5-2-1-3-6-12/h1-8,11H,9-10H2,(H,17,18). The fourth-order valence-electron chi connectivity index (χ4n) is 1.58. The SMILES string of the molecule is O=C(NCCOc1cccc(Br)c1)c1ccccc1. The molecule has 0 aliphatic rings. The van der Waals surface area contributed by atoms with E-state index in [9.17, 15) is 4.79 Å². The van der Waals surface area contributed by atoms with Crippen LogP contribution >= 0.6 is 15.9 Å². The summed E-state index contributed by atoms with van der Waals surface area (Å²) < 4.78 is 6.50. The zero-order valence-electron chi connectivity index (χ0n) is 10.3. The summed E-state index contributed by atoms with van der Waals surface area (Å²) in [5.74, 6) is 0.696. The molecule has 0 saturated heterocycles. The molecule has 0 saturated carbocycles. The molecule has 98 valence electrons. The zero-order chi connectivity index (χ0) is 13.5. The average Bonchev–Trinajstić information content (AvgIpc) is 2.44. The maximum atomic E-state index is 11.7. The van der Waals surface area contributed by atoms with Crippen molar-refractivity contribution in [2.75, 3.05) is 13.2 Å². The van der Waals surface area contributed by atoms with Gasteiger partial charge in [-0.05, 0) is 30.3 Å². The number of rotatable bonds is 5. The van der Waals surface area contributed by atoms with Gasteiger partial charge in [-0.15, -0.1) is 0 Å². The smallest absolute Gasteiger partial charge is 0.251 e. The molecule has 0 atom stereocenters. The van der Waals surface area contributed by atoms with Crippen LogP contribution in [-0.4, -0.2) is 19.1 Å². The van der Waals surface area contributed by atoms with E-state index in [0.29, 0.717) is 18.7 Å². The van der Waals surface area contributed by atoms with Gasteiger partial charge in [-0.25, -0.2) is 0 Å². The van der Waals surface area contributed by atoms with Gasteiger partial charge in [-0.1, -0.05) is 40.2 Å². The summed E-state index contributed by atoms with van der Waals surface area (Å²) in [4.78, 5) is 11.7. The van der Waals surface area contributed by atoms with Crippen LogP contribution in [0.1, 0.15) is 10.4 Å². The highest BCUT2D eigenvalue weighted by Gasteiger charge is 2.03. The fraction of sp³-hybridized carbons (Fsp3) is 0.133. The molecule has 2 aromatic rings. The first-order chi connectivity index (χ1) is 9.25. The van der Waals surface area contributed by atoms with E-state index in [0.717, 1.165) is 10.2 Å². The number of halogens is 1. The molecule has 0 aliphatic carbocycles. The molecule has 19 heavy (non-hydrogen) atoms. The Labute approximate surface area is 120 Å². The highest BCUT2D eigenvalue weighted by atomic mass is 79.9. The average molecular weight is 320 g/mol. The number of amides is 1. The number of carbonyl (C=O) groups excluding carboxylic acids is 1. The van der Waals surface area contributed by atoms with Crippen molar-refractivity contribution in [2.24, 2.45) is 0 Å². The molecule has 3 nitrogen and oxygen atoms in total. The quantitative estimate of drug-likeness (QED) is 0.859. The van der Waals surface area contributed by atoms with E-state index in [1.165, 1.54) is 0 Å². The summed E-state index contributed by atoms with van der Waals surface area (Å²) in [6.07, 6.45) is 0. The lowest BCUT2D eigenvalue weighted by Gasteiger charge is -2.08. The number of carbonyl (C=O) groups is 1. The zero-order valence-corrected chi connectivity index (χ0v) is 11.9. The Kier molecular flexibility index (Phi) is 4.98. The van der Waals surface area contributed by atoms with E-state index in [1.54, 1.807) is 12.1 Å². The molecular formula is C15H14BrNO2. The van der Waals surface area contributed by atoms with Gasteiger partial charge >= 0.3 is 0 Å². The number of ether oxygens (including phenoxy) is 1. The molecule has 2 aromatic carbocycles. The van der Waals surface area contributed by atoms with Crippen molar-refractivity contribution in [1.29, 1.82) is 0 Å². The summed E-state index contributed by atoms with van der Waals surface area (Å²) in [5.41, 5.74) is 0.657. The summed E-state index contributed by atoms with van der Waals surface area (Å²) in [6, 6.07) is 16.7. The van der Waals surface area contributed by atoms with Crippen LogP contribution in [0, 0.1) is 0 Å². The third-order valence-electron chi connectivity index (χ3n) is 2.49. The van der Waals surface area contributed by atoms with Crippen molar-refractivity contribution < 1.29 is 9.53 Å². The second-order valence-electron chi connectivity index (χ2n) is 3.93. The molecule has 0 spiro atoms. The van der Waals surface area contributed by atoms with E-state index in [4.69, 9.17) is 4.74 Å². The van der Waals surface area contributed by atoms with Gasteiger partial charge in [0.15, 0.2) is 0 Å². The Bertz CT molecular complexity index is 543. The summed E-state index contributed by atoms with van der Waals surface area (Å²) in [6.45, 7) is 0.912. The molecule has 1 amide bonds. The van der Waals surface area contributed by atoms with Crippen LogP contribution in [0.15, 0.2) is 59.1 Å². The normalized spacial score (nSPS) is 9.95. The number of benzene rings is 2. The lowest BCUT2D eigenvalue weighted by Crippen LogP contribution is -2.27. The lowest BCUT2D eigenvalue weighted by atomic mass is 10.2. The molecule has 0 aromatic heterocycles. The molecular weight excluding hydrogens is 306 g/mol. The van der Waals surface area contributed by atoms with E-state index >= 15 is 0 Å². The Balaban J connectivity index is 1.74. The monoisotopic (exact) mass is 319 g/mol. The molecule has 1 N–H and O–H groups in total. The minimum absolute atomic E-state index is 0.0848. The maximum Gasteiger partial charge on any atom is 0.251 e. The molecule has 4 heteroatoms. The van der Waals surface area contributed by atoms with Crippen molar-refractivity contribution in [3.8, 4) is 5.75 Å². The molecule has 0 unspecified atom stereocenters.